The molecule has 7 nitrogen and oxygen atoms in total. The van der Waals surface area contributed by atoms with Crippen LogP contribution in [-0.4, -0.2) is 43.0 Å². The van der Waals surface area contributed by atoms with Gasteiger partial charge in [-0.1, -0.05) is 24.3 Å². The number of hydrogen-bond donors (Lipinski definition) is 1. The summed E-state index contributed by atoms with van der Waals surface area (Å²) in [5, 5.41) is 13.3. The molecule has 1 saturated heterocycles. The van der Waals surface area contributed by atoms with Crippen LogP contribution >= 0.6 is 11.3 Å². The Morgan fingerprint density at radius 2 is 1.90 bits per heavy atom. The minimum Gasteiger partial charge on any atom is -0.507 e. The van der Waals surface area contributed by atoms with E-state index in [-0.39, 0.29) is 11.3 Å². The minimum absolute atomic E-state index is 0.0195. The number of carbonyl (C=O) groups excluding carboxylic acids is 2. The summed E-state index contributed by atoms with van der Waals surface area (Å²) in [7, 11) is 5.38. The summed E-state index contributed by atoms with van der Waals surface area (Å²) in [6.45, 7) is 0. The first-order valence-electron chi connectivity index (χ1n) is 9.54. The van der Waals surface area contributed by atoms with Crippen LogP contribution in [0.5, 0.6) is 5.75 Å². The fraction of sp³-hybridized carbons (Fsp3) is 0.174. The highest BCUT2D eigenvalue weighted by atomic mass is 32.1. The molecule has 1 amide bonds. The zero-order valence-corrected chi connectivity index (χ0v) is 18.1. The fourth-order valence-corrected chi connectivity index (χ4v) is 4.23. The molecular weight excluding hydrogens is 414 g/mol. The van der Waals surface area contributed by atoms with E-state index in [1.54, 1.807) is 35.8 Å². The number of thiazole rings is 1. The third-order valence-corrected chi connectivity index (χ3v) is 5.91. The first-order valence-corrected chi connectivity index (χ1v) is 10.4. The van der Waals surface area contributed by atoms with E-state index in [1.807, 2.05) is 43.3 Å². The summed E-state index contributed by atoms with van der Waals surface area (Å²) in [6.07, 6.45) is 1.58. The number of hydrogen-bond acceptors (Lipinski definition) is 7. The molecule has 1 aliphatic rings. The van der Waals surface area contributed by atoms with Crippen LogP contribution < -0.4 is 14.5 Å². The Morgan fingerprint density at radius 1 is 1.16 bits per heavy atom. The lowest BCUT2D eigenvalue weighted by Gasteiger charge is -2.23. The smallest absolute Gasteiger partial charge is 0.301 e. The molecule has 0 spiro atoms. The molecule has 1 aliphatic heterocycles. The van der Waals surface area contributed by atoms with E-state index in [9.17, 15) is 14.7 Å². The van der Waals surface area contributed by atoms with Crippen molar-refractivity contribution in [3.63, 3.8) is 0 Å². The van der Waals surface area contributed by atoms with E-state index in [0.29, 0.717) is 22.0 Å². The Hall–Kier alpha value is -3.65. The van der Waals surface area contributed by atoms with Gasteiger partial charge < -0.3 is 14.7 Å². The number of anilines is 2. The number of aliphatic hydroxyl groups is 1. The van der Waals surface area contributed by atoms with Crippen molar-refractivity contribution in [3.05, 3.63) is 76.8 Å². The molecule has 158 valence electrons. The van der Waals surface area contributed by atoms with E-state index in [1.165, 1.54) is 23.3 Å². The number of carbonyl (C=O) groups is 2. The van der Waals surface area contributed by atoms with Crippen LogP contribution in [0.15, 0.2) is 65.7 Å². The normalized spacial score (nSPS) is 17.8. The molecule has 2 aromatic carbocycles. The van der Waals surface area contributed by atoms with Crippen molar-refractivity contribution in [1.82, 2.24) is 4.98 Å². The number of amides is 1. The molecule has 1 aromatic heterocycles. The van der Waals surface area contributed by atoms with Gasteiger partial charge in [0.15, 0.2) is 5.13 Å². The lowest BCUT2D eigenvalue weighted by molar-refractivity contribution is -0.132. The maximum Gasteiger partial charge on any atom is 0.301 e. The molecule has 3 aromatic rings. The van der Waals surface area contributed by atoms with E-state index < -0.39 is 17.7 Å². The van der Waals surface area contributed by atoms with E-state index in [4.69, 9.17) is 4.74 Å². The van der Waals surface area contributed by atoms with E-state index >= 15 is 0 Å². The monoisotopic (exact) mass is 435 g/mol. The second-order valence-corrected chi connectivity index (χ2v) is 8.07. The number of benzene rings is 2. The van der Waals surface area contributed by atoms with Crippen LogP contribution in [0.2, 0.25) is 0 Å². The van der Waals surface area contributed by atoms with Crippen LogP contribution in [0.25, 0.3) is 5.76 Å². The van der Waals surface area contributed by atoms with Crippen molar-refractivity contribution in [3.8, 4) is 5.75 Å². The number of ether oxygens (including phenoxy) is 1. The van der Waals surface area contributed by atoms with Crippen LogP contribution in [-0.2, 0) is 9.59 Å². The average molecular weight is 436 g/mol. The Morgan fingerprint density at radius 3 is 2.52 bits per heavy atom. The number of rotatable bonds is 5. The van der Waals surface area contributed by atoms with Crippen molar-refractivity contribution in [2.45, 2.75) is 6.04 Å². The molecule has 31 heavy (non-hydrogen) atoms. The molecule has 1 unspecified atom stereocenters. The standard InChI is InChI=1S/C23H21N3O4S/c1-25(2)16-9-7-14(8-10-16)19-18(20(27)15-5-4-6-17(13-15)30-3)21(28)22(29)26(19)23-24-11-12-31-23/h4-13,19,27H,1-3H3/b20-18+. The highest BCUT2D eigenvalue weighted by Gasteiger charge is 2.48. The van der Waals surface area contributed by atoms with Gasteiger partial charge in [-0.15, -0.1) is 11.3 Å². The first-order chi connectivity index (χ1) is 14.9. The largest absolute Gasteiger partial charge is 0.507 e. The molecule has 1 atom stereocenters. The quantitative estimate of drug-likeness (QED) is 0.372. The maximum absolute atomic E-state index is 13.1. The van der Waals surface area contributed by atoms with Crippen LogP contribution in [0.1, 0.15) is 17.2 Å². The lowest BCUT2D eigenvalue weighted by Crippen LogP contribution is -2.29. The predicted octanol–water partition coefficient (Wildman–Crippen LogP) is 3.84. The SMILES string of the molecule is COc1cccc(/C(O)=C2\C(=O)C(=O)N(c3nccs3)C2c2ccc(N(C)C)cc2)c1. The number of aromatic nitrogens is 1. The number of nitrogens with zero attached hydrogens (tertiary/aromatic N) is 3. The van der Waals surface area contributed by atoms with Crippen LogP contribution in [0.4, 0.5) is 10.8 Å². The van der Waals surface area contributed by atoms with Crippen molar-refractivity contribution < 1.29 is 19.4 Å². The fourth-order valence-electron chi connectivity index (χ4n) is 3.56. The Balaban J connectivity index is 1.91. The molecule has 2 heterocycles. The van der Waals surface area contributed by atoms with E-state index in [2.05, 4.69) is 4.98 Å². The zero-order valence-electron chi connectivity index (χ0n) is 17.3. The summed E-state index contributed by atoms with van der Waals surface area (Å²) >= 11 is 1.26. The third kappa shape index (κ3) is 3.66. The number of Topliss-reactive ketones (excluding diaryl/α,β-unsaturated/α-hetero) is 1. The molecule has 1 N–H and O–H groups in total. The summed E-state index contributed by atoms with van der Waals surface area (Å²) in [5.74, 6) is -1.19. The predicted molar refractivity (Wildman–Crippen MR) is 121 cm³/mol. The second-order valence-electron chi connectivity index (χ2n) is 7.20. The molecule has 1 fully saturated rings. The van der Waals surface area contributed by atoms with Crippen molar-refractivity contribution in [2.75, 3.05) is 31.0 Å². The van der Waals surface area contributed by atoms with Crippen LogP contribution in [0.3, 0.4) is 0 Å². The molecule has 0 aliphatic carbocycles. The van der Waals surface area contributed by atoms with Gasteiger partial charge in [-0.05, 0) is 29.8 Å². The maximum atomic E-state index is 13.1. The van der Waals surface area contributed by atoms with Gasteiger partial charge in [0, 0.05) is 36.9 Å². The minimum atomic E-state index is -0.798. The Bertz CT molecular complexity index is 1150. The van der Waals surface area contributed by atoms with Crippen molar-refractivity contribution in [1.29, 1.82) is 0 Å². The summed E-state index contributed by atoms with van der Waals surface area (Å²) in [4.78, 5) is 33.6. The summed E-state index contributed by atoms with van der Waals surface area (Å²) in [6, 6.07) is 13.5. The van der Waals surface area contributed by atoms with Gasteiger partial charge in [0.25, 0.3) is 5.78 Å². The van der Waals surface area contributed by atoms with Gasteiger partial charge in [-0.25, -0.2) is 4.98 Å². The average Bonchev–Trinajstić information content (AvgIpc) is 3.40. The number of aliphatic hydroxyl groups excluding tert-OH is 1. The summed E-state index contributed by atoms with van der Waals surface area (Å²) < 4.78 is 5.23. The van der Waals surface area contributed by atoms with Gasteiger partial charge in [-0.2, -0.15) is 0 Å². The molecule has 0 radical (unpaired) electrons. The topological polar surface area (TPSA) is 83.0 Å². The molecule has 8 heteroatoms. The summed E-state index contributed by atoms with van der Waals surface area (Å²) in [5.41, 5.74) is 2.09. The Kier molecular flexibility index (Phi) is 5.48. The van der Waals surface area contributed by atoms with Gasteiger partial charge in [0.05, 0.1) is 18.7 Å². The molecule has 0 bridgehead atoms. The first kappa shape index (κ1) is 20.6. The molecule has 0 saturated carbocycles. The Labute approximate surface area is 183 Å². The second kappa shape index (κ2) is 8.23. The van der Waals surface area contributed by atoms with Crippen molar-refractivity contribution >= 4 is 39.6 Å². The molecule has 4 rings (SSSR count). The highest BCUT2D eigenvalue weighted by Crippen LogP contribution is 2.43. The highest BCUT2D eigenvalue weighted by molar-refractivity contribution is 7.14. The van der Waals surface area contributed by atoms with Gasteiger partial charge in [0.1, 0.15) is 11.5 Å². The van der Waals surface area contributed by atoms with Gasteiger partial charge >= 0.3 is 5.91 Å². The van der Waals surface area contributed by atoms with Gasteiger partial charge in [0.2, 0.25) is 0 Å². The third-order valence-electron chi connectivity index (χ3n) is 5.14. The van der Waals surface area contributed by atoms with Gasteiger partial charge in [-0.3, -0.25) is 14.5 Å². The van der Waals surface area contributed by atoms with Crippen LogP contribution in [0, 0.1) is 0 Å². The lowest BCUT2D eigenvalue weighted by atomic mass is 9.95. The molecular formula is C23H21N3O4S. The van der Waals surface area contributed by atoms with E-state index in [0.717, 1.165) is 5.69 Å². The zero-order chi connectivity index (χ0) is 22.1. The number of methoxy groups -OCH3 is 1. The number of ketones is 1. The van der Waals surface area contributed by atoms with Crippen molar-refractivity contribution in [2.24, 2.45) is 0 Å².